The second-order valence-electron chi connectivity index (χ2n) is 8.36. The topological polar surface area (TPSA) is 72.7 Å². The summed E-state index contributed by atoms with van der Waals surface area (Å²) in [6.45, 7) is 7.09. The maximum atomic E-state index is 12.8. The molecule has 4 heterocycles. The highest BCUT2D eigenvalue weighted by molar-refractivity contribution is 6.33. The Labute approximate surface area is 180 Å². The van der Waals surface area contributed by atoms with E-state index in [2.05, 4.69) is 40.2 Å². The molecule has 7 heteroatoms. The molecule has 0 bridgehead atoms. The monoisotopic (exact) mass is 419 g/mol. The van der Waals surface area contributed by atoms with E-state index in [4.69, 9.17) is 18.0 Å². The van der Waals surface area contributed by atoms with Crippen molar-refractivity contribution >= 4 is 23.3 Å². The van der Waals surface area contributed by atoms with Crippen molar-refractivity contribution in [2.75, 3.05) is 5.32 Å². The van der Waals surface area contributed by atoms with Crippen LogP contribution in [0.15, 0.2) is 36.7 Å². The van der Waals surface area contributed by atoms with Crippen molar-refractivity contribution in [1.29, 1.82) is 0 Å². The fraction of sp³-hybridized carbons (Fsp3) is 0.304. The average Bonchev–Trinajstić information content (AvgIpc) is 3.23. The minimum absolute atomic E-state index is 0.157. The number of hydrogen-bond donors (Lipinski definition) is 1. The number of aromatic nitrogens is 4. The second kappa shape index (κ2) is 7.58. The summed E-state index contributed by atoms with van der Waals surface area (Å²) in [5, 5.41) is 7.89. The lowest BCUT2D eigenvalue weighted by atomic mass is 9.89. The first-order chi connectivity index (χ1) is 14.3. The molecule has 0 fully saturated rings. The van der Waals surface area contributed by atoms with Crippen LogP contribution in [-0.4, -0.2) is 25.7 Å². The van der Waals surface area contributed by atoms with E-state index < -0.39 is 5.92 Å². The summed E-state index contributed by atoms with van der Waals surface area (Å²) in [5.74, 6) is 2.21. The zero-order chi connectivity index (χ0) is 21.5. The fourth-order valence-corrected chi connectivity index (χ4v) is 3.93. The van der Waals surface area contributed by atoms with E-state index in [0.29, 0.717) is 22.2 Å². The van der Waals surface area contributed by atoms with E-state index in [1.165, 1.54) is 0 Å². The lowest BCUT2D eigenvalue weighted by molar-refractivity contribution is -0.117. The van der Waals surface area contributed by atoms with Crippen LogP contribution in [0.1, 0.15) is 43.8 Å². The van der Waals surface area contributed by atoms with Crippen LogP contribution in [0.5, 0.6) is 0 Å². The number of rotatable bonds is 4. The van der Waals surface area contributed by atoms with Gasteiger partial charge in [-0.15, -0.1) is 6.42 Å². The van der Waals surface area contributed by atoms with Crippen molar-refractivity contribution in [3.8, 4) is 23.5 Å². The van der Waals surface area contributed by atoms with E-state index in [-0.39, 0.29) is 11.3 Å². The quantitative estimate of drug-likeness (QED) is 0.640. The van der Waals surface area contributed by atoms with E-state index in [9.17, 15) is 4.79 Å². The summed E-state index contributed by atoms with van der Waals surface area (Å²) in [6, 6.07) is 7.10. The predicted molar refractivity (Wildman–Crippen MR) is 117 cm³/mol. The van der Waals surface area contributed by atoms with Crippen molar-refractivity contribution in [1.82, 2.24) is 19.7 Å². The lowest BCUT2D eigenvalue weighted by Crippen LogP contribution is -2.20. The second-order valence-corrected chi connectivity index (χ2v) is 8.76. The molecule has 1 aliphatic rings. The van der Waals surface area contributed by atoms with Gasteiger partial charge in [0.25, 0.3) is 0 Å². The van der Waals surface area contributed by atoms with Gasteiger partial charge in [-0.2, -0.15) is 5.10 Å². The fourth-order valence-electron chi connectivity index (χ4n) is 3.73. The first kappa shape index (κ1) is 20.1. The number of hydrogen-bond acceptors (Lipinski definition) is 4. The Balaban J connectivity index is 1.59. The Kier molecular flexibility index (Phi) is 5.08. The molecule has 3 aromatic heterocycles. The molecule has 0 spiro atoms. The summed E-state index contributed by atoms with van der Waals surface area (Å²) in [7, 11) is 0. The molecule has 1 amide bonds. The smallest absolute Gasteiger partial charge is 0.234 e. The van der Waals surface area contributed by atoms with Crippen molar-refractivity contribution in [2.24, 2.45) is 5.41 Å². The average molecular weight is 420 g/mol. The molecule has 3 aromatic rings. The van der Waals surface area contributed by atoms with E-state index >= 15 is 0 Å². The van der Waals surface area contributed by atoms with Gasteiger partial charge in [0.05, 0.1) is 22.8 Å². The maximum absolute atomic E-state index is 12.8. The molecule has 0 aliphatic carbocycles. The van der Waals surface area contributed by atoms with Gasteiger partial charge in [-0.1, -0.05) is 37.4 Å². The van der Waals surface area contributed by atoms with Gasteiger partial charge in [-0.3, -0.25) is 9.48 Å². The first-order valence-electron chi connectivity index (χ1n) is 9.72. The number of pyridine rings is 2. The number of carbonyl (C=O) groups is 1. The highest BCUT2D eigenvalue weighted by Crippen LogP contribution is 2.39. The Morgan fingerprint density at radius 1 is 1.33 bits per heavy atom. The van der Waals surface area contributed by atoms with Gasteiger partial charge < -0.3 is 5.32 Å². The number of carbonyl (C=O) groups excluding carboxylic acids is 1. The largest absolute Gasteiger partial charge is 0.310 e. The SMILES string of the molecule is C#Cc1cccc([C@H](C)C(=O)Nc2cc(-c3cnn4c3CC(C)(C)C4)c(Cl)cn2)n1. The molecule has 0 unspecified atom stereocenters. The molecule has 0 aromatic carbocycles. The Morgan fingerprint density at radius 2 is 2.13 bits per heavy atom. The Hall–Kier alpha value is -3.17. The van der Waals surface area contributed by atoms with Crippen LogP contribution in [0.2, 0.25) is 5.02 Å². The van der Waals surface area contributed by atoms with Crippen molar-refractivity contribution in [3.63, 3.8) is 0 Å². The Morgan fingerprint density at radius 3 is 2.90 bits per heavy atom. The van der Waals surface area contributed by atoms with Gasteiger partial charge in [-0.25, -0.2) is 9.97 Å². The molecule has 30 heavy (non-hydrogen) atoms. The minimum atomic E-state index is -0.486. The molecule has 1 N–H and O–H groups in total. The molecular weight excluding hydrogens is 398 g/mol. The number of fused-ring (bicyclic) bond motifs is 1. The number of halogens is 1. The molecule has 152 valence electrons. The van der Waals surface area contributed by atoms with Gasteiger partial charge in [0, 0.05) is 29.6 Å². The zero-order valence-electron chi connectivity index (χ0n) is 17.1. The van der Waals surface area contributed by atoms with Crippen LogP contribution in [0.3, 0.4) is 0 Å². The summed E-state index contributed by atoms with van der Waals surface area (Å²) >= 11 is 6.45. The van der Waals surface area contributed by atoms with Crippen LogP contribution < -0.4 is 5.32 Å². The van der Waals surface area contributed by atoms with Crippen LogP contribution in [0, 0.1) is 17.8 Å². The van der Waals surface area contributed by atoms with Gasteiger partial charge in [-0.05, 0) is 37.0 Å². The molecule has 0 saturated heterocycles. The molecule has 6 nitrogen and oxygen atoms in total. The van der Waals surface area contributed by atoms with E-state index in [1.807, 2.05) is 10.9 Å². The Bertz CT molecular complexity index is 1170. The van der Waals surface area contributed by atoms with Crippen LogP contribution in [0.4, 0.5) is 5.82 Å². The van der Waals surface area contributed by atoms with Gasteiger partial charge >= 0.3 is 0 Å². The van der Waals surface area contributed by atoms with Gasteiger partial charge in [0.15, 0.2) is 0 Å². The molecule has 0 radical (unpaired) electrons. The highest BCUT2D eigenvalue weighted by atomic mass is 35.5. The number of nitrogens with zero attached hydrogens (tertiary/aromatic N) is 4. The molecule has 4 rings (SSSR count). The lowest BCUT2D eigenvalue weighted by Gasteiger charge is -2.15. The standard InChI is InChI=1S/C23H22ClN5O/c1-5-15-7-6-8-19(27-15)14(2)22(30)28-21-9-16(18(24)12-25-21)17-11-26-29-13-23(3,4)10-20(17)29/h1,6-9,11-12,14H,10,13H2,2-4H3,(H,25,28,30)/t14-/m0/s1. The molecular formula is C23H22ClN5O. The van der Waals surface area contributed by atoms with E-state index in [0.717, 1.165) is 29.8 Å². The summed E-state index contributed by atoms with van der Waals surface area (Å²) < 4.78 is 2.02. The van der Waals surface area contributed by atoms with Crippen LogP contribution in [-0.2, 0) is 17.8 Å². The van der Waals surface area contributed by atoms with Crippen molar-refractivity contribution < 1.29 is 4.79 Å². The normalized spacial score (nSPS) is 15.3. The third kappa shape index (κ3) is 3.81. The minimum Gasteiger partial charge on any atom is -0.310 e. The van der Waals surface area contributed by atoms with Crippen molar-refractivity contribution in [2.45, 2.75) is 39.7 Å². The summed E-state index contributed by atoms with van der Waals surface area (Å²) in [4.78, 5) is 21.4. The van der Waals surface area contributed by atoms with Gasteiger partial charge in [0.1, 0.15) is 11.5 Å². The summed E-state index contributed by atoms with van der Waals surface area (Å²) in [6.07, 6.45) is 9.71. The molecule has 1 aliphatic heterocycles. The van der Waals surface area contributed by atoms with Crippen molar-refractivity contribution in [3.05, 3.63) is 58.8 Å². The molecule has 0 saturated carbocycles. The van der Waals surface area contributed by atoms with Gasteiger partial charge in [0.2, 0.25) is 5.91 Å². The maximum Gasteiger partial charge on any atom is 0.234 e. The number of nitrogens with one attached hydrogen (secondary N) is 1. The third-order valence-corrected chi connectivity index (χ3v) is 5.63. The number of terminal acetylenes is 1. The number of anilines is 1. The number of amides is 1. The van der Waals surface area contributed by atoms with Crippen LogP contribution >= 0.6 is 11.6 Å². The van der Waals surface area contributed by atoms with E-state index in [1.54, 1.807) is 37.4 Å². The predicted octanol–water partition coefficient (Wildman–Crippen LogP) is 4.30. The molecule has 1 atom stereocenters. The highest BCUT2D eigenvalue weighted by Gasteiger charge is 2.32. The van der Waals surface area contributed by atoms with Crippen LogP contribution in [0.25, 0.3) is 11.1 Å². The summed E-state index contributed by atoms with van der Waals surface area (Å²) in [5.41, 5.74) is 4.19. The zero-order valence-corrected chi connectivity index (χ0v) is 17.9. The first-order valence-corrected chi connectivity index (χ1v) is 10.1. The third-order valence-electron chi connectivity index (χ3n) is 5.32.